The van der Waals surface area contributed by atoms with Gasteiger partial charge in [-0.2, -0.15) is 0 Å². The van der Waals surface area contributed by atoms with Crippen molar-refractivity contribution >= 4 is 0 Å². The van der Waals surface area contributed by atoms with Crippen molar-refractivity contribution in [3.05, 3.63) is 57.6 Å². The number of phenols is 2. The predicted octanol–water partition coefficient (Wildman–Crippen LogP) is 4.29. The molecular formula is C25H38N2O2. The van der Waals surface area contributed by atoms with Crippen molar-refractivity contribution in [1.29, 1.82) is 0 Å². The molecule has 0 aliphatic heterocycles. The molecule has 0 saturated heterocycles. The topological polar surface area (TPSA) is 92.5 Å². The van der Waals surface area contributed by atoms with E-state index >= 15 is 0 Å². The van der Waals surface area contributed by atoms with Gasteiger partial charge < -0.3 is 21.7 Å². The standard InChI is InChI=1S/C25H38N2O2/c1-24(2,3)20-13-16(7-9-26)11-18(22(20)28)15-19-12-17(8-10-27)14-21(23(19)29)25(4,5)6/h11-14,28-29H,7-10,15,26-27H2,1-6H3. The van der Waals surface area contributed by atoms with Gasteiger partial charge in [0.15, 0.2) is 0 Å². The number of benzene rings is 2. The van der Waals surface area contributed by atoms with Crippen LogP contribution in [-0.2, 0) is 30.1 Å². The van der Waals surface area contributed by atoms with Gasteiger partial charge in [-0.1, -0.05) is 65.8 Å². The zero-order chi connectivity index (χ0) is 22.0. The van der Waals surface area contributed by atoms with E-state index in [-0.39, 0.29) is 10.8 Å². The molecule has 0 amide bonds. The Hall–Kier alpha value is -2.04. The molecule has 160 valence electrons. The highest BCUT2D eigenvalue weighted by atomic mass is 16.3. The first-order chi connectivity index (χ1) is 13.4. The van der Waals surface area contributed by atoms with Gasteiger partial charge in [0.2, 0.25) is 0 Å². The molecule has 0 spiro atoms. The summed E-state index contributed by atoms with van der Waals surface area (Å²) in [7, 11) is 0. The van der Waals surface area contributed by atoms with Gasteiger partial charge in [-0.05, 0) is 70.1 Å². The minimum absolute atomic E-state index is 0.191. The average Bonchev–Trinajstić information content (AvgIpc) is 2.58. The van der Waals surface area contributed by atoms with Gasteiger partial charge in [-0.25, -0.2) is 0 Å². The lowest BCUT2D eigenvalue weighted by molar-refractivity contribution is 0.435. The summed E-state index contributed by atoms with van der Waals surface area (Å²) in [6, 6.07) is 8.14. The molecule has 0 aliphatic rings. The molecule has 2 aromatic carbocycles. The number of nitrogens with two attached hydrogens (primary N) is 2. The smallest absolute Gasteiger partial charge is 0.122 e. The fourth-order valence-corrected chi connectivity index (χ4v) is 3.76. The van der Waals surface area contributed by atoms with Crippen LogP contribution in [-0.4, -0.2) is 23.3 Å². The van der Waals surface area contributed by atoms with Gasteiger partial charge in [-0.15, -0.1) is 0 Å². The molecule has 2 aromatic rings. The van der Waals surface area contributed by atoms with Crippen LogP contribution in [0, 0.1) is 0 Å². The summed E-state index contributed by atoms with van der Waals surface area (Å²) >= 11 is 0. The first-order valence-corrected chi connectivity index (χ1v) is 10.5. The van der Waals surface area contributed by atoms with Crippen LogP contribution in [0.1, 0.15) is 74.9 Å². The quantitative estimate of drug-likeness (QED) is 0.584. The number of phenolic OH excluding ortho intramolecular Hbond substituents is 2. The average molecular weight is 399 g/mol. The fourth-order valence-electron chi connectivity index (χ4n) is 3.76. The molecule has 4 nitrogen and oxygen atoms in total. The Labute approximate surface area is 176 Å². The summed E-state index contributed by atoms with van der Waals surface area (Å²) in [4.78, 5) is 0. The summed E-state index contributed by atoms with van der Waals surface area (Å²) in [5, 5.41) is 22.1. The monoisotopic (exact) mass is 398 g/mol. The second-order valence-corrected chi connectivity index (χ2v) is 10.1. The Morgan fingerprint density at radius 3 is 1.28 bits per heavy atom. The van der Waals surface area contributed by atoms with Gasteiger partial charge in [0.1, 0.15) is 11.5 Å². The second-order valence-electron chi connectivity index (χ2n) is 10.1. The predicted molar refractivity (Wildman–Crippen MR) is 122 cm³/mol. The van der Waals surface area contributed by atoms with Crippen LogP contribution in [0.15, 0.2) is 24.3 Å². The van der Waals surface area contributed by atoms with Gasteiger partial charge in [0, 0.05) is 6.42 Å². The van der Waals surface area contributed by atoms with E-state index in [1.165, 1.54) is 0 Å². The van der Waals surface area contributed by atoms with Crippen LogP contribution in [0.25, 0.3) is 0 Å². The maximum atomic E-state index is 11.0. The van der Waals surface area contributed by atoms with E-state index in [4.69, 9.17) is 11.5 Å². The van der Waals surface area contributed by atoms with Crippen molar-refractivity contribution in [3.8, 4) is 11.5 Å². The molecule has 0 atom stereocenters. The molecule has 6 N–H and O–H groups in total. The van der Waals surface area contributed by atoms with E-state index in [2.05, 4.69) is 53.7 Å². The van der Waals surface area contributed by atoms with Crippen LogP contribution in [0.2, 0.25) is 0 Å². The lowest BCUT2D eigenvalue weighted by Gasteiger charge is -2.25. The number of hydrogen-bond donors (Lipinski definition) is 4. The number of aromatic hydroxyl groups is 2. The van der Waals surface area contributed by atoms with Gasteiger partial charge in [0.25, 0.3) is 0 Å². The molecule has 0 fully saturated rings. The van der Waals surface area contributed by atoms with Crippen molar-refractivity contribution < 1.29 is 10.2 Å². The van der Waals surface area contributed by atoms with Crippen LogP contribution >= 0.6 is 0 Å². The Bertz CT molecular complexity index is 787. The van der Waals surface area contributed by atoms with E-state index in [1.807, 2.05) is 12.1 Å². The third kappa shape index (κ3) is 5.52. The van der Waals surface area contributed by atoms with Crippen molar-refractivity contribution in [2.24, 2.45) is 11.5 Å². The van der Waals surface area contributed by atoms with E-state index in [1.54, 1.807) is 0 Å². The highest BCUT2D eigenvalue weighted by Crippen LogP contribution is 2.39. The molecule has 4 heteroatoms. The second kappa shape index (κ2) is 8.76. The van der Waals surface area contributed by atoms with Crippen LogP contribution in [0.4, 0.5) is 0 Å². The van der Waals surface area contributed by atoms with Gasteiger partial charge >= 0.3 is 0 Å². The molecule has 0 unspecified atom stereocenters. The van der Waals surface area contributed by atoms with Crippen LogP contribution in [0.5, 0.6) is 11.5 Å². The van der Waals surface area contributed by atoms with Gasteiger partial charge in [0.05, 0.1) is 0 Å². The van der Waals surface area contributed by atoms with Gasteiger partial charge in [-0.3, -0.25) is 0 Å². The summed E-state index contributed by atoms with van der Waals surface area (Å²) in [5.41, 5.74) is 16.9. The van der Waals surface area contributed by atoms with Crippen molar-refractivity contribution in [2.45, 2.75) is 71.6 Å². The Kier molecular flexibility index (Phi) is 7.02. The first kappa shape index (κ1) is 23.2. The molecule has 0 bridgehead atoms. The van der Waals surface area contributed by atoms with E-state index in [0.717, 1.165) is 46.2 Å². The normalized spacial score (nSPS) is 12.4. The van der Waals surface area contributed by atoms with E-state index in [9.17, 15) is 10.2 Å². The van der Waals surface area contributed by atoms with Crippen LogP contribution in [0.3, 0.4) is 0 Å². The SMILES string of the molecule is CC(C)(C)c1cc(CCN)cc(Cc2cc(CCN)cc(C(C)(C)C)c2O)c1O. The minimum Gasteiger partial charge on any atom is -0.507 e. The highest BCUT2D eigenvalue weighted by Gasteiger charge is 2.24. The number of hydrogen-bond acceptors (Lipinski definition) is 4. The van der Waals surface area contributed by atoms with Crippen molar-refractivity contribution in [2.75, 3.05) is 13.1 Å². The maximum Gasteiger partial charge on any atom is 0.122 e. The lowest BCUT2D eigenvalue weighted by atomic mass is 9.81. The van der Waals surface area contributed by atoms with E-state index in [0.29, 0.717) is 31.0 Å². The zero-order valence-electron chi connectivity index (χ0n) is 18.9. The molecular weight excluding hydrogens is 360 g/mol. The van der Waals surface area contributed by atoms with Crippen LogP contribution < -0.4 is 11.5 Å². The fraction of sp³-hybridized carbons (Fsp3) is 0.520. The van der Waals surface area contributed by atoms with E-state index < -0.39 is 0 Å². The molecule has 0 heterocycles. The first-order valence-electron chi connectivity index (χ1n) is 10.5. The Morgan fingerprint density at radius 2 is 1.00 bits per heavy atom. The molecule has 0 saturated carbocycles. The molecule has 2 rings (SSSR count). The largest absolute Gasteiger partial charge is 0.507 e. The Morgan fingerprint density at radius 1 is 0.655 bits per heavy atom. The summed E-state index contributed by atoms with van der Waals surface area (Å²) < 4.78 is 0. The third-order valence-corrected chi connectivity index (χ3v) is 5.36. The highest BCUT2D eigenvalue weighted by molar-refractivity contribution is 5.53. The maximum absolute atomic E-state index is 11.0. The molecule has 0 aromatic heterocycles. The van der Waals surface area contributed by atoms with Crippen molar-refractivity contribution in [1.82, 2.24) is 0 Å². The summed E-state index contributed by atoms with van der Waals surface area (Å²) in [6.45, 7) is 13.7. The molecule has 29 heavy (non-hydrogen) atoms. The third-order valence-electron chi connectivity index (χ3n) is 5.36. The summed E-state index contributed by atoms with van der Waals surface area (Å²) in [5.74, 6) is 0.610. The lowest BCUT2D eigenvalue weighted by Crippen LogP contribution is -2.15. The molecule has 0 radical (unpaired) electrons. The summed E-state index contributed by atoms with van der Waals surface area (Å²) in [6.07, 6.45) is 1.96. The number of rotatable bonds is 6. The molecule has 0 aliphatic carbocycles. The van der Waals surface area contributed by atoms with Crippen molar-refractivity contribution in [3.63, 3.8) is 0 Å². The Balaban J connectivity index is 2.63. The zero-order valence-corrected chi connectivity index (χ0v) is 18.9. The minimum atomic E-state index is -0.191.